The summed E-state index contributed by atoms with van der Waals surface area (Å²) < 4.78 is 35.4. The predicted molar refractivity (Wildman–Crippen MR) is 54.9 cm³/mol. The van der Waals surface area contributed by atoms with Gasteiger partial charge in [0, 0.05) is 0 Å². The average Bonchev–Trinajstić information content (AvgIpc) is 1.53. The van der Waals surface area contributed by atoms with Crippen LogP contribution in [0.2, 0.25) is 0 Å². The molecule has 2 atom stereocenters. The highest BCUT2D eigenvalue weighted by molar-refractivity contribution is 7.59. The van der Waals surface area contributed by atoms with Crippen molar-refractivity contribution in [1.82, 2.24) is 30.8 Å². The van der Waals surface area contributed by atoms with Gasteiger partial charge in [-0.25, -0.2) is 0 Å². The SMILES string of the molecule is O=[P+]([O-])OP(=O)([O-])O[P+](=O)[O-].[NH4+].[NH4+].[NH4+].[NH4+].[NH4+]. The first-order chi connectivity index (χ1) is 4.83. The van der Waals surface area contributed by atoms with E-state index in [9.17, 15) is 28.4 Å². The number of quaternary nitrogens is 5. The first-order valence-electron chi connectivity index (χ1n) is 1.83. The van der Waals surface area contributed by atoms with Gasteiger partial charge in [-0.2, -0.15) is 0 Å². The second-order valence-corrected chi connectivity index (χ2v) is 4.15. The first-order valence-corrected chi connectivity index (χ1v) is 5.48. The van der Waals surface area contributed by atoms with Gasteiger partial charge in [0.05, 0.1) is 0 Å². The van der Waals surface area contributed by atoms with Crippen LogP contribution >= 0.6 is 24.3 Å². The van der Waals surface area contributed by atoms with Crippen LogP contribution in [0.4, 0.5) is 0 Å². The molecule has 0 spiro atoms. The fourth-order valence-corrected chi connectivity index (χ4v) is 1.87. The Labute approximate surface area is 93.0 Å². The molecule has 13 nitrogen and oxygen atoms in total. The topological polar surface area (TPSA) is 321 Å². The molecular weight excluding hydrogens is 291 g/mol. The summed E-state index contributed by atoms with van der Waals surface area (Å²) in [6, 6.07) is 0. The van der Waals surface area contributed by atoms with E-state index in [-0.39, 0.29) is 30.8 Å². The summed E-state index contributed by atoms with van der Waals surface area (Å²) in [5.41, 5.74) is 0. The van der Waals surface area contributed by atoms with Crippen LogP contribution in [-0.2, 0) is 22.3 Å². The number of phosphoric acid groups is 1. The smallest absolute Gasteiger partial charge is 0.496 e. The van der Waals surface area contributed by atoms with E-state index < -0.39 is 24.3 Å². The van der Waals surface area contributed by atoms with Crippen molar-refractivity contribution >= 4 is 24.3 Å². The average molecular weight is 311 g/mol. The lowest BCUT2D eigenvalue weighted by Gasteiger charge is -2.08. The maximum absolute atomic E-state index is 10.1. The third-order valence-electron chi connectivity index (χ3n) is 0.333. The summed E-state index contributed by atoms with van der Waals surface area (Å²) in [7, 11) is -12.6. The minimum absolute atomic E-state index is 0. The van der Waals surface area contributed by atoms with Gasteiger partial charge in [-0.3, -0.25) is 4.57 Å². The highest BCUT2D eigenvalue weighted by Gasteiger charge is 2.26. The molecule has 0 aromatic heterocycles. The van der Waals surface area contributed by atoms with Crippen molar-refractivity contribution in [3.8, 4) is 0 Å². The van der Waals surface area contributed by atoms with Gasteiger partial charge in [-0.1, -0.05) is 8.62 Å². The van der Waals surface area contributed by atoms with Crippen LogP contribution in [0.15, 0.2) is 0 Å². The Morgan fingerprint density at radius 3 is 1.12 bits per heavy atom. The Morgan fingerprint density at radius 2 is 1.00 bits per heavy atom. The number of hydrogen-bond acceptors (Lipinski definition) is 8. The van der Waals surface area contributed by atoms with Gasteiger partial charge in [-0.15, -0.1) is 0 Å². The van der Waals surface area contributed by atoms with Crippen LogP contribution in [-0.4, -0.2) is 0 Å². The molecule has 0 rings (SSSR count). The van der Waals surface area contributed by atoms with Gasteiger partial charge >= 0.3 is 24.3 Å². The van der Waals surface area contributed by atoms with E-state index >= 15 is 0 Å². The summed E-state index contributed by atoms with van der Waals surface area (Å²) in [5, 5.41) is 0. The Bertz CT molecular complexity index is 210. The minimum atomic E-state index is -5.25. The number of rotatable bonds is 4. The van der Waals surface area contributed by atoms with E-state index in [1.807, 2.05) is 0 Å². The second kappa shape index (κ2) is 15.0. The van der Waals surface area contributed by atoms with Crippen LogP contribution in [0.1, 0.15) is 0 Å². The predicted octanol–water partition coefficient (Wildman–Crippen LogP) is 0.404. The molecule has 16 heteroatoms. The maximum Gasteiger partial charge on any atom is 0.496 e. The Morgan fingerprint density at radius 1 is 0.812 bits per heavy atom. The molecule has 0 aromatic carbocycles. The molecule has 0 aromatic rings. The van der Waals surface area contributed by atoms with Crippen molar-refractivity contribution < 1.29 is 37.0 Å². The quantitative estimate of drug-likeness (QED) is 0.450. The van der Waals surface area contributed by atoms with Crippen molar-refractivity contribution in [2.45, 2.75) is 0 Å². The maximum atomic E-state index is 10.1. The molecular formula is H20N5O8P3+4. The molecule has 0 aliphatic rings. The molecule has 16 heavy (non-hydrogen) atoms. The zero-order valence-corrected chi connectivity index (χ0v) is 12.3. The fourth-order valence-electron chi connectivity index (χ4n) is 0.178. The fraction of sp³-hybridized carbons (Fsp3) is 0. The Kier molecular flexibility index (Phi) is 33.8. The van der Waals surface area contributed by atoms with Gasteiger partial charge in [-0.05, 0) is 9.13 Å². The minimum Gasteiger partial charge on any atom is -0.750 e. The largest absolute Gasteiger partial charge is 0.750 e. The van der Waals surface area contributed by atoms with Gasteiger partial charge in [0.1, 0.15) is 0 Å². The lowest BCUT2D eigenvalue weighted by Crippen LogP contribution is -2.05. The normalized spacial score (nSPS) is 12.9. The van der Waals surface area contributed by atoms with Gasteiger partial charge in [0.15, 0.2) is 0 Å². The molecule has 0 fully saturated rings. The van der Waals surface area contributed by atoms with E-state index in [4.69, 9.17) is 0 Å². The summed E-state index contributed by atoms with van der Waals surface area (Å²) in [5.74, 6) is 0. The highest BCUT2D eigenvalue weighted by Crippen LogP contribution is 2.50. The Hall–Kier alpha value is 0.0300. The van der Waals surface area contributed by atoms with E-state index in [2.05, 4.69) is 8.62 Å². The van der Waals surface area contributed by atoms with E-state index in [0.29, 0.717) is 0 Å². The van der Waals surface area contributed by atoms with E-state index in [0.717, 1.165) is 0 Å². The standard InChI is InChI=1S/5H3N.HO8P3/c;;;;;1-9(2)7-11(5,6)8-10(3)4/h5*1H3;(H,5,6)/p+4. The molecule has 0 aliphatic heterocycles. The monoisotopic (exact) mass is 311 g/mol. The van der Waals surface area contributed by atoms with Crippen LogP contribution in [0.3, 0.4) is 0 Å². The second-order valence-electron chi connectivity index (χ2n) is 1.06. The zero-order valence-electron chi connectivity index (χ0n) is 9.61. The third-order valence-corrected chi connectivity index (χ3v) is 3.00. The van der Waals surface area contributed by atoms with Gasteiger partial charge in [0.2, 0.25) is 0 Å². The molecule has 0 saturated carbocycles. The molecule has 0 heterocycles. The Balaban J connectivity index is -0.0000000500. The van der Waals surface area contributed by atoms with Crippen molar-refractivity contribution in [1.29, 1.82) is 0 Å². The molecule has 20 N–H and O–H groups in total. The van der Waals surface area contributed by atoms with Crippen LogP contribution in [0.5, 0.6) is 0 Å². The summed E-state index contributed by atoms with van der Waals surface area (Å²) >= 11 is 0. The van der Waals surface area contributed by atoms with Crippen LogP contribution in [0, 0.1) is 0 Å². The number of hydrogen-bond donors (Lipinski definition) is 5. The molecule has 0 amide bonds. The van der Waals surface area contributed by atoms with Crippen molar-refractivity contribution in [2.75, 3.05) is 0 Å². The van der Waals surface area contributed by atoms with Gasteiger partial charge < -0.3 is 45.4 Å². The van der Waals surface area contributed by atoms with Crippen LogP contribution < -0.4 is 45.4 Å². The van der Waals surface area contributed by atoms with E-state index in [1.54, 1.807) is 0 Å². The zero-order chi connectivity index (χ0) is 9.07. The van der Waals surface area contributed by atoms with E-state index in [1.165, 1.54) is 0 Å². The summed E-state index contributed by atoms with van der Waals surface area (Å²) in [4.78, 5) is 29.2. The first kappa shape index (κ1) is 36.0. The van der Waals surface area contributed by atoms with Gasteiger partial charge in [0.25, 0.3) is 0 Å². The third kappa shape index (κ3) is 23.7. The highest BCUT2D eigenvalue weighted by atomic mass is 31.3. The van der Waals surface area contributed by atoms with Crippen molar-refractivity contribution in [3.05, 3.63) is 0 Å². The van der Waals surface area contributed by atoms with Crippen molar-refractivity contribution in [2.24, 2.45) is 0 Å². The summed E-state index contributed by atoms with van der Waals surface area (Å²) in [6.45, 7) is 0. The molecule has 0 saturated heterocycles. The lowest BCUT2D eigenvalue weighted by molar-refractivity contribution is -0.228. The summed E-state index contributed by atoms with van der Waals surface area (Å²) in [6.07, 6.45) is 0. The molecule has 2 unspecified atom stereocenters. The molecule has 0 radical (unpaired) electrons. The molecule has 0 bridgehead atoms. The van der Waals surface area contributed by atoms with Crippen LogP contribution in [0.25, 0.3) is 0 Å². The lowest BCUT2D eigenvalue weighted by atomic mass is 14.0. The molecule has 104 valence electrons. The van der Waals surface area contributed by atoms with Crippen molar-refractivity contribution in [3.63, 3.8) is 0 Å². The molecule has 0 aliphatic carbocycles.